The second-order valence-corrected chi connectivity index (χ2v) is 8.83. The summed E-state index contributed by atoms with van der Waals surface area (Å²) in [6.07, 6.45) is 3.40. The summed E-state index contributed by atoms with van der Waals surface area (Å²) >= 11 is 6.44. The van der Waals surface area contributed by atoms with Crippen molar-refractivity contribution in [3.8, 4) is 11.1 Å². The number of pyridine rings is 1. The van der Waals surface area contributed by atoms with Crippen molar-refractivity contribution in [1.29, 1.82) is 0 Å². The minimum absolute atomic E-state index is 0.177. The van der Waals surface area contributed by atoms with E-state index in [4.69, 9.17) is 11.6 Å². The number of ketones is 1. The van der Waals surface area contributed by atoms with Crippen LogP contribution >= 0.6 is 11.6 Å². The van der Waals surface area contributed by atoms with Crippen molar-refractivity contribution < 1.29 is 22.4 Å². The van der Waals surface area contributed by atoms with Gasteiger partial charge < -0.3 is 0 Å². The monoisotopic (exact) mass is 502 g/mol. The minimum atomic E-state index is -4.71. The Balaban J connectivity index is 1.53. The molecule has 0 saturated heterocycles. The first-order chi connectivity index (χ1) is 16.7. The van der Waals surface area contributed by atoms with Gasteiger partial charge in [-0.05, 0) is 43.4 Å². The summed E-state index contributed by atoms with van der Waals surface area (Å²) in [5.41, 5.74) is 0.327. The zero-order valence-corrected chi connectivity index (χ0v) is 19.0. The summed E-state index contributed by atoms with van der Waals surface area (Å²) < 4.78 is 57.0. The number of carbonyl (C=O) groups is 1. The second kappa shape index (κ2) is 8.96. The number of fused-ring (bicyclic) bond motifs is 1. The molecule has 1 N–H and O–H groups in total. The molecule has 5 rings (SSSR count). The maximum atomic E-state index is 14.2. The number of nitrogens with one attached hydrogen (secondary N) is 1. The summed E-state index contributed by atoms with van der Waals surface area (Å²) in [6, 6.07) is 7.40. The summed E-state index contributed by atoms with van der Waals surface area (Å²) in [4.78, 5) is 17.4. The van der Waals surface area contributed by atoms with Crippen LogP contribution in [0.5, 0.6) is 0 Å². The smallest absolute Gasteiger partial charge is 0.292 e. The van der Waals surface area contributed by atoms with Crippen molar-refractivity contribution in [2.24, 2.45) is 5.92 Å². The molecule has 0 amide bonds. The molecule has 3 heterocycles. The Labute approximate surface area is 202 Å². The van der Waals surface area contributed by atoms with E-state index in [-0.39, 0.29) is 22.2 Å². The van der Waals surface area contributed by atoms with Crippen molar-refractivity contribution in [2.45, 2.75) is 31.9 Å². The van der Waals surface area contributed by atoms with E-state index in [1.54, 1.807) is 18.2 Å². The highest BCUT2D eigenvalue weighted by atomic mass is 35.5. The number of Topliss-reactive ketones (excluding diaryl/α,β-unsaturated/α-hetero) is 1. The van der Waals surface area contributed by atoms with Crippen LogP contribution in [-0.4, -0.2) is 25.4 Å². The first-order valence-corrected chi connectivity index (χ1v) is 11.4. The van der Waals surface area contributed by atoms with E-state index in [1.807, 2.05) is 6.08 Å². The van der Waals surface area contributed by atoms with E-state index < -0.39 is 29.1 Å². The summed E-state index contributed by atoms with van der Waals surface area (Å²) in [5.74, 6) is -1.29. The van der Waals surface area contributed by atoms with E-state index >= 15 is 0 Å². The summed E-state index contributed by atoms with van der Waals surface area (Å²) in [6.45, 7) is 0. The van der Waals surface area contributed by atoms with E-state index in [1.165, 1.54) is 24.7 Å². The van der Waals surface area contributed by atoms with Gasteiger partial charge in [0.25, 0.3) is 0 Å². The molecule has 4 aromatic rings. The highest BCUT2D eigenvalue weighted by molar-refractivity contribution is 6.33. The van der Waals surface area contributed by atoms with Crippen molar-refractivity contribution in [3.63, 3.8) is 0 Å². The van der Waals surface area contributed by atoms with Gasteiger partial charge in [0, 0.05) is 35.0 Å². The van der Waals surface area contributed by atoms with Crippen molar-refractivity contribution in [1.82, 2.24) is 19.6 Å². The Morgan fingerprint density at radius 1 is 1.20 bits per heavy atom. The van der Waals surface area contributed by atoms with Crippen LogP contribution < -0.4 is 0 Å². The Hall–Kier alpha value is -3.46. The third kappa shape index (κ3) is 4.36. The molecule has 0 bridgehead atoms. The van der Waals surface area contributed by atoms with Gasteiger partial charge in [-0.15, -0.1) is 0 Å². The number of alkyl halides is 3. The van der Waals surface area contributed by atoms with Crippen LogP contribution in [0.15, 0.2) is 55.0 Å². The fourth-order valence-electron chi connectivity index (χ4n) is 4.49. The van der Waals surface area contributed by atoms with Gasteiger partial charge in [0.15, 0.2) is 11.4 Å². The maximum Gasteiger partial charge on any atom is 0.420 e. The largest absolute Gasteiger partial charge is 0.420 e. The number of benzene rings is 1. The quantitative estimate of drug-likeness (QED) is 0.241. The first-order valence-electron chi connectivity index (χ1n) is 11.0. The van der Waals surface area contributed by atoms with E-state index in [9.17, 15) is 22.4 Å². The molecule has 0 radical (unpaired) electrons. The molecule has 180 valence electrons. The van der Waals surface area contributed by atoms with Gasteiger partial charge in [-0.3, -0.25) is 14.3 Å². The van der Waals surface area contributed by atoms with Crippen molar-refractivity contribution in [2.75, 3.05) is 0 Å². The van der Waals surface area contributed by atoms with Crippen LogP contribution in [0.25, 0.3) is 22.3 Å². The summed E-state index contributed by atoms with van der Waals surface area (Å²) in [5, 5.41) is 6.17. The maximum absolute atomic E-state index is 14.2. The number of aromatic amines is 1. The number of H-pyrrole nitrogens is 1. The number of allylic oxidation sites excluding steroid dienone is 2. The van der Waals surface area contributed by atoms with E-state index in [2.05, 4.69) is 15.2 Å². The lowest BCUT2D eigenvalue weighted by Crippen LogP contribution is -2.14. The standard InChI is InChI=1S/C25H19ClF4N4O/c26-23-21(22(35)15-5-3-4-14(8-9-15)18-6-1-2-7-20(18)27)33-24-19(25(28,29)30)10-16(13-34(23)24)17-11-31-32-12-17/h1-2,6-8,10-13,15H,3-5,9H2,(H,31,32). The van der Waals surface area contributed by atoms with Crippen LogP contribution in [0.4, 0.5) is 17.6 Å². The number of hydrogen-bond acceptors (Lipinski definition) is 3. The lowest BCUT2D eigenvalue weighted by Gasteiger charge is -2.10. The molecule has 0 fully saturated rings. The molecule has 5 nitrogen and oxygen atoms in total. The molecular weight excluding hydrogens is 484 g/mol. The molecule has 1 aliphatic carbocycles. The number of hydrogen-bond donors (Lipinski definition) is 1. The van der Waals surface area contributed by atoms with Gasteiger partial charge in [-0.1, -0.05) is 35.9 Å². The second-order valence-electron chi connectivity index (χ2n) is 8.47. The normalized spacial score (nSPS) is 16.8. The van der Waals surface area contributed by atoms with E-state index in [0.29, 0.717) is 36.8 Å². The topological polar surface area (TPSA) is 63.0 Å². The number of halogens is 5. The molecule has 0 saturated carbocycles. The van der Waals surface area contributed by atoms with E-state index in [0.717, 1.165) is 16.0 Å². The van der Waals surface area contributed by atoms with Crippen LogP contribution in [0, 0.1) is 11.7 Å². The number of aromatic nitrogens is 4. The number of carbonyl (C=O) groups excluding carboxylic acids is 1. The average Bonchev–Trinajstić information content (AvgIpc) is 3.40. The van der Waals surface area contributed by atoms with Gasteiger partial charge in [0.1, 0.15) is 16.7 Å². The molecule has 3 aromatic heterocycles. The van der Waals surface area contributed by atoms with Gasteiger partial charge in [-0.25, -0.2) is 9.37 Å². The molecule has 1 atom stereocenters. The zero-order valence-electron chi connectivity index (χ0n) is 18.2. The van der Waals surface area contributed by atoms with Crippen LogP contribution in [-0.2, 0) is 6.18 Å². The van der Waals surface area contributed by atoms with Gasteiger partial charge in [0.2, 0.25) is 0 Å². The Morgan fingerprint density at radius 2 is 2.00 bits per heavy atom. The van der Waals surface area contributed by atoms with Crippen LogP contribution in [0.1, 0.15) is 47.3 Å². The number of nitrogens with zero attached hydrogens (tertiary/aromatic N) is 3. The van der Waals surface area contributed by atoms with Crippen LogP contribution in [0.3, 0.4) is 0 Å². The van der Waals surface area contributed by atoms with Crippen molar-refractivity contribution >= 4 is 28.6 Å². The van der Waals surface area contributed by atoms with Gasteiger partial charge in [-0.2, -0.15) is 18.3 Å². The van der Waals surface area contributed by atoms with Crippen LogP contribution in [0.2, 0.25) is 5.15 Å². The molecule has 10 heteroatoms. The molecule has 0 aliphatic heterocycles. The lowest BCUT2D eigenvalue weighted by atomic mass is 9.94. The van der Waals surface area contributed by atoms with Crippen molar-refractivity contribution in [3.05, 3.63) is 82.8 Å². The fraction of sp³-hybridized carbons (Fsp3) is 0.240. The lowest BCUT2D eigenvalue weighted by molar-refractivity contribution is -0.136. The number of imidazole rings is 1. The third-order valence-electron chi connectivity index (χ3n) is 6.27. The SMILES string of the molecule is O=C(c1nc2c(C(F)(F)F)cc(-c3cn[nH]c3)cn2c1Cl)C1CC=C(c2ccccc2F)CCC1. The molecule has 1 unspecified atom stereocenters. The highest BCUT2D eigenvalue weighted by Crippen LogP contribution is 2.38. The Bertz CT molecular complexity index is 1440. The summed E-state index contributed by atoms with van der Waals surface area (Å²) in [7, 11) is 0. The fourth-order valence-corrected chi connectivity index (χ4v) is 4.75. The first kappa shape index (κ1) is 23.3. The predicted molar refractivity (Wildman–Crippen MR) is 123 cm³/mol. The molecule has 1 aromatic carbocycles. The van der Waals surface area contributed by atoms with Gasteiger partial charge >= 0.3 is 6.18 Å². The Kier molecular flexibility index (Phi) is 5.96. The predicted octanol–water partition coefficient (Wildman–Crippen LogP) is 6.99. The number of rotatable bonds is 4. The Morgan fingerprint density at radius 3 is 2.71 bits per heavy atom. The van der Waals surface area contributed by atoms with Gasteiger partial charge in [0.05, 0.1) is 11.8 Å². The average molecular weight is 503 g/mol. The third-order valence-corrected chi connectivity index (χ3v) is 6.63. The zero-order chi connectivity index (χ0) is 24.7. The highest BCUT2D eigenvalue weighted by Gasteiger charge is 2.37. The molecular formula is C25H19ClF4N4O. The minimum Gasteiger partial charge on any atom is -0.292 e. The molecule has 35 heavy (non-hydrogen) atoms. The molecule has 1 aliphatic rings. The molecule has 0 spiro atoms.